The maximum atomic E-state index is 13.0. The molecule has 1 aliphatic heterocycles. The molecular weight excluding hydrogens is 400 g/mol. The molecule has 1 N–H and O–H groups in total. The first kappa shape index (κ1) is 22.2. The zero-order valence-electron chi connectivity index (χ0n) is 19.4. The average Bonchev–Trinajstić information content (AvgIpc) is 3.22. The van der Waals surface area contributed by atoms with E-state index >= 15 is 0 Å². The summed E-state index contributed by atoms with van der Waals surface area (Å²) >= 11 is 0. The van der Waals surface area contributed by atoms with E-state index in [1.54, 1.807) is 0 Å². The van der Waals surface area contributed by atoms with E-state index in [0.717, 1.165) is 30.5 Å². The van der Waals surface area contributed by atoms with Crippen LogP contribution in [0, 0.1) is 26.7 Å². The van der Waals surface area contributed by atoms with Crippen LogP contribution in [0.4, 0.5) is 0 Å². The van der Waals surface area contributed by atoms with E-state index in [0.29, 0.717) is 24.8 Å². The first-order valence-electron chi connectivity index (χ1n) is 11.4. The van der Waals surface area contributed by atoms with E-state index in [9.17, 15) is 4.79 Å². The van der Waals surface area contributed by atoms with Crippen LogP contribution < -0.4 is 5.32 Å². The molecule has 6 nitrogen and oxygen atoms in total. The van der Waals surface area contributed by atoms with Crippen LogP contribution in [0.2, 0.25) is 0 Å². The van der Waals surface area contributed by atoms with Gasteiger partial charge in [-0.1, -0.05) is 53.2 Å². The summed E-state index contributed by atoms with van der Waals surface area (Å²) in [6, 6.07) is 14.4. The van der Waals surface area contributed by atoms with E-state index in [2.05, 4.69) is 59.3 Å². The van der Waals surface area contributed by atoms with Crippen LogP contribution in [0.25, 0.3) is 11.4 Å². The highest BCUT2D eigenvalue weighted by Gasteiger charge is 2.28. The molecule has 2 aromatic carbocycles. The van der Waals surface area contributed by atoms with Crippen LogP contribution >= 0.6 is 0 Å². The van der Waals surface area contributed by atoms with Crippen molar-refractivity contribution < 1.29 is 9.32 Å². The summed E-state index contributed by atoms with van der Waals surface area (Å²) in [5.41, 5.74) is 5.72. The summed E-state index contributed by atoms with van der Waals surface area (Å²) in [6.45, 7) is 10.5. The number of likely N-dealkylation sites (tertiary alicyclic amines) is 1. The smallest absolute Gasteiger partial charge is 0.241 e. The minimum atomic E-state index is -0.0317. The van der Waals surface area contributed by atoms with Gasteiger partial charge < -0.3 is 9.84 Å². The molecule has 1 aliphatic rings. The summed E-state index contributed by atoms with van der Waals surface area (Å²) in [6.07, 6.45) is 1.88. The molecule has 0 radical (unpaired) electrons. The molecule has 0 spiro atoms. The summed E-state index contributed by atoms with van der Waals surface area (Å²) in [4.78, 5) is 19.8. The molecule has 6 heteroatoms. The molecule has 3 aromatic rings. The summed E-state index contributed by atoms with van der Waals surface area (Å²) in [5.74, 6) is 1.30. The van der Waals surface area contributed by atoms with Crippen molar-refractivity contribution in [2.24, 2.45) is 5.92 Å². The molecule has 2 atom stereocenters. The molecular formula is C26H32N4O2. The second-order valence-electron chi connectivity index (χ2n) is 8.99. The number of piperidine rings is 1. The first-order chi connectivity index (χ1) is 15.4. The Bertz CT molecular complexity index is 1090. The number of nitrogens with one attached hydrogen (secondary N) is 1. The molecule has 168 valence electrons. The van der Waals surface area contributed by atoms with Gasteiger partial charge in [-0.2, -0.15) is 4.98 Å². The Morgan fingerprint density at radius 3 is 2.78 bits per heavy atom. The van der Waals surface area contributed by atoms with Crippen LogP contribution in [0.1, 0.15) is 54.0 Å². The number of carbonyl (C=O) groups excluding carboxylic acids is 1. The van der Waals surface area contributed by atoms with Gasteiger partial charge in [0, 0.05) is 12.1 Å². The Balaban J connectivity index is 1.36. The van der Waals surface area contributed by atoms with Gasteiger partial charge in [0.05, 0.1) is 18.5 Å². The van der Waals surface area contributed by atoms with Crippen LogP contribution in [0.3, 0.4) is 0 Å². The molecule has 0 bridgehead atoms. The van der Waals surface area contributed by atoms with E-state index in [4.69, 9.17) is 4.52 Å². The molecule has 1 fully saturated rings. The number of rotatable bonds is 6. The van der Waals surface area contributed by atoms with Crippen molar-refractivity contribution in [1.82, 2.24) is 20.4 Å². The normalized spacial score (nSPS) is 17.8. The van der Waals surface area contributed by atoms with Gasteiger partial charge in [0.15, 0.2) is 0 Å². The first-order valence-corrected chi connectivity index (χ1v) is 11.4. The lowest BCUT2D eigenvalue weighted by atomic mass is 9.95. The lowest BCUT2D eigenvalue weighted by molar-refractivity contribution is -0.127. The molecule has 1 saturated heterocycles. The van der Waals surface area contributed by atoms with Gasteiger partial charge in [-0.3, -0.25) is 9.69 Å². The Morgan fingerprint density at radius 1 is 1.19 bits per heavy atom. The number of carbonyl (C=O) groups is 1. The largest absolute Gasteiger partial charge is 0.349 e. The molecule has 1 amide bonds. The topological polar surface area (TPSA) is 71.3 Å². The van der Waals surface area contributed by atoms with E-state index in [1.165, 1.54) is 16.7 Å². The second-order valence-corrected chi connectivity index (χ2v) is 8.99. The SMILES string of the molecule is Cc1ccc(C(C)NC(=O)C2CCCN(Cc3nc(-c4ccccc4C)no3)C2)c(C)c1. The molecule has 32 heavy (non-hydrogen) atoms. The number of hydrogen-bond donors (Lipinski definition) is 1. The molecule has 2 unspecified atom stereocenters. The van der Waals surface area contributed by atoms with Crippen molar-refractivity contribution in [1.29, 1.82) is 0 Å². The molecule has 1 aromatic heterocycles. The third-order valence-corrected chi connectivity index (χ3v) is 6.34. The third kappa shape index (κ3) is 5.07. The Labute approximate surface area is 190 Å². The Hall–Kier alpha value is -2.99. The maximum Gasteiger partial charge on any atom is 0.241 e. The van der Waals surface area contributed by atoms with Crippen LogP contribution in [0.5, 0.6) is 0 Å². The number of benzene rings is 2. The highest BCUT2D eigenvalue weighted by Crippen LogP contribution is 2.24. The lowest BCUT2D eigenvalue weighted by Gasteiger charge is -2.31. The van der Waals surface area contributed by atoms with Gasteiger partial charge in [0.25, 0.3) is 0 Å². The monoisotopic (exact) mass is 432 g/mol. The zero-order chi connectivity index (χ0) is 22.7. The van der Waals surface area contributed by atoms with Crippen LogP contribution in [0.15, 0.2) is 47.0 Å². The van der Waals surface area contributed by atoms with E-state index in [-0.39, 0.29) is 17.9 Å². The van der Waals surface area contributed by atoms with Gasteiger partial charge in [-0.15, -0.1) is 0 Å². The number of nitrogens with zero attached hydrogens (tertiary/aromatic N) is 3. The predicted octanol–water partition coefficient (Wildman–Crippen LogP) is 4.75. The summed E-state index contributed by atoms with van der Waals surface area (Å²) in [7, 11) is 0. The highest BCUT2D eigenvalue weighted by molar-refractivity contribution is 5.79. The van der Waals surface area contributed by atoms with Gasteiger partial charge in [-0.05, 0) is 63.8 Å². The summed E-state index contributed by atoms with van der Waals surface area (Å²) in [5, 5.41) is 7.39. The van der Waals surface area contributed by atoms with Gasteiger partial charge in [0.2, 0.25) is 17.6 Å². The minimum absolute atomic E-state index is 0.00825. The van der Waals surface area contributed by atoms with Gasteiger partial charge >= 0.3 is 0 Å². The lowest BCUT2D eigenvalue weighted by Crippen LogP contribution is -2.43. The third-order valence-electron chi connectivity index (χ3n) is 6.34. The fourth-order valence-corrected chi connectivity index (χ4v) is 4.58. The van der Waals surface area contributed by atoms with E-state index in [1.807, 2.05) is 31.2 Å². The average molecular weight is 433 g/mol. The fraction of sp³-hybridized carbons (Fsp3) is 0.423. The number of hydrogen-bond acceptors (Lipinski definition) is 5. The quantitative estimate of drug-likeness (QED) is 0.609. The van der Waals surface area contributed by atoms with Crippen molar-refractivity contribution in [2.45, 2.75) is 53.1 Å². The Morgan fingerprint density at radius 2 is 2.00 bits per heavy atom. The molecule has 2 heterocycles. The van der Waals surface area contributed by atoms with E-state index < -0.39 is 0 Å². The minimum Gasteiger partial charge on any atom is -0.349 e. The van der Waals surface area contributed by atoms with Crippen molar-refractivity contribution in [2.75, 3.05) is 13.1 Å². The van der Waals surface area contributed by atoms with Gasteiger partial charge in [-0.25, -0.2) is 0 Å². The van der Waals surface area contributed by atoms with Crippen LogP contribution in [-0.2, 0) is 11.3 Å². The van der Waals surface area contributed by atoms with Crippen LogP contribution in [-0.4, -0.2) is 34.0 Å². The van der Waals surface area contributed by atoms with Crippen molar-refractivity contribution in [3.63, 3.8) is 0 Å². The van der Waals surface area contributed by atoms with Crippen molar-refractivity contribution in [3.8, 4) is 11.4 Å². The maximum absolute atomic E-state index is 13.0. The number of amides is 1. The number of aryl methyl sites for hydroxylation is 3. The van der Waals surface area contributed by atoms with Crippen molar-refractivity contribution in [3.05, 3.63) is 70.6 Å². The van der Waals surface area contributed by atoms with Crippen molar-refractivity contribution >= 4 is 5.91 Å². The molecule has 0 saturated carbocycles. The second kappa shape index (κ2) is 9.65. The van der Waals surface area contributed by atoms with Gasteiger partial charge in [0.1, 0.15) is 0 Å². The predicted molar refractivity (Wildman–Crippen MR) is 125 cm³/mol. The zero-order valence-corrected chi connectivity index (χ0v) is 19.4. The highest BCUT2D eigenvalue weighted by atomic mass is 16.5. The molecule has 4 rings (SSSR count). The standard InChI is InChI=1S/C26H32N4O2/c1-17-11-12-22(19(3)14-17)20(4)27-26(31)21-9-7-13-30(15-21)16-24-28-25(29-32-24)23-10-6-5-8-18(23)2/h5-6,8,10-12,14,20-21H,7,9,13,15-16H2,1-4H3,(H,27,31). The fourth-order valence-electron chi connectivity index (χ4n) is 4.58. The molecule has 0 aliphatic carbocycles. The number of aromatic nitrogens is 2. The Kier molecular flexibility index (Phi) is 6.70. The summed E-state index contributed by atoms with van der Waals surface area (Å²) < 4.78 is 5.51.